The molecule has 34 heavy (non-hydrogen) atoms. The number of ether oxygens (including phenoxy) is 2. The number of alkyl halides is 4. The zero-order valence-corrected chi connectivity index (χ0v) is 16.9. The number of hydrogen-bond donors (Lipinski definition) is 2. The molecular formula is C22H13F5N4O3. The average molecular weight is 476 g/mol. The normalized spacial score (nSPS) is 15.2. The van der Waals surface area contributed by atoms with Crippen LogP contribution in [0, 0.1) is 17.1 Å². The molecule has 174 valence electrons. The van der Waals surface area contributed by atoms with Crippen LogP contribution in [0.3, 0.4) is 0 Å². The molecule has 1 aromatic heterocycles. The van der Waals surface area contributed by atoms with Gasteiger partial charge in [-0.1, -0.05) is 0 Å². The third-order valence-electron chi connectivity index (χ3n) is 4.66. The molecule has 7 nitrogen and oxygen atoms in total. The number of hydrogen-bond acceptors (Lipinski definition) is 6. The molecule has 2 N–H and O–H groups in total. The number of carbonyl (C=O) groups is 1. The predicted molar refractivity (Wildman–Crippen MR) is 108 cm³/mol. The highest BCUT2D eigenvalue weighted by Crippen LogP contribution is 2.47. The summed E-state index contributed by atoms with van der Waals surface area (Å²) in [4.78, 5) is 16.6. The van der Waals surface area contributed by atoms with Gasteiger partial charge in [-0.3, -0.25) is 4.79 Å². The van der Waals surface area contributed by atoms with Crippen molar-refractivity contribution < 1.29 is 36.2 Å². The highest BCUT2D eigenvalue weighted by Gasteiger charge is 2.65. The van der Waals surface area contributed by atoms with Gasteiger partial charge in [-0.2, -0.15) is 22.8 Å². The van der Waals surface area contributed by atoms with Gasteiger partial charge in [0.1, 0.15) is 17.6 Å². The molecule has 0 saturated carbocycles. The summed E-state index contributed by atoms with van der Waals surface area (Å²) in [5, 5.41) is 14.2. The standard InChI is InChI=1S/C22H13F5N4O3/c23-13-1-3-16(17(8-13)30-11-12-5-6-29-15(7-12)10-28)20(32)31-14-2-4-18-19(9-14)34-22(26,27)21(24,25)33-18/h1-9,30H,11H2,(H,31,32). The summed E-state index contributed by atoms with van der Waals surface area (Å²) in [6, 6.07) is 11.3. The molecule has 0 bridgehead atoms. The van der Waals surface area contributed by atoms with E-state index < -0.39 is 35.4 Å². The topological polar surface area (TPSA) is 96.3 Å². The van der Waals surface area contributed by atoms with E-state index in [0.717, 1.165) is 30.3 Å². The monoisotopic (exact) mass is 476 g/mol. The Kier molecular flexibility index (Phi) is 5.70. The van der Waals surface area contributed by atoms with Gasteiger partial charge in [0.2, 0.25) is 0 Å². The molecule has 0 unspecified atom stereocenters. The second-order valence-electron chi connectivity index (χ2n) is 7.06. The van der Waals surface area contributed by atoms with Crippen molar-refractivity contribution >= 4 is 17.3 Å². The summed E-state index contributed by atoms with van der Waals surface area (Å²) in [5.41, 5.74) is 0.876. The van der Waals surface area contributed by atoms with E-state index in [-0.39, 0.29) is 29.2 Å². The van der Waals surface area contributed by atoms with E-state index in [2.05, 4.69) is 25.1 Å². The molecule has 1 aliphatic heterocycles. The van der Waals surface area contributed by atoms with Crippen LogP contribution in [0.15, 0.2) is 54.7 Å². The van der Waals surface area contributed by atoms with Crippen molar-refractivity contribution in [2.45, 2.75) is 18.8 Å². The zero-order chi connectivity index (χ0) is 24.5. The third kappa shape index (κ3) is 4.54. The maximum atomic E-state index is 13.8. The van der Waals surface area contributed by atoms with E-state index in [1.807, 2.05) is 6.07 Å². The van der Waals surface area contributed by atoms with Crippen LogP contribution in [0.25, 0.3) is 0 Å². The Hall–Kier alpha value is -4.40. The molecule has 12 heteroatoms. The van der Waals surface area contributed by atoms with Gasteiger partial charge in [0.15, 0.2) is 11.5 Å². The Balaban J connectivity index is 1.53. The van der Waals surface area contributed by atoms with Crippen LogP contribution in [-0.2, 0) is 6.54 Å². The van der Waals surface area contributed by atoms with E-state index in [1.165, 1.54) is 18.3 Å². The summed E-state index contributed by atoms with van der Waals surface area (Å²) in [7, 11) is 0. The number of nitrogens with zero attached hydrogens (tertiary/aromatic N) is 2. The molecule has 1 amide bonds. The summed E-state index contributed by atoms with van der Waals surface area (Å²) in [5.74, 6) is -2.71. The number of nitrogens with one attached hydrogen (secondary N) is 2. The molecule has 0 saturated heterocycles. The summed E-state index contributed by atoms with van der Waals surface area (Å²) < 4.78 is 75.3. The van der Waals surface area contributed by atoms with E-state index >= 15 is 0 Å². The minimum absolute atomic E-state index is 0.00251. The Bertz CT molecular complexity index is 1310. The van der Waals surface area contributed by atoms with Gasteiger partial charge in [0, 0.05) is 24.5 Å². The van der Waals surface area contributed by atoms with E-state index in [4.69, 9.17) is 5.26 Å². The van der Waals surface area contributed by atoms with Crippen LogP contribution in [0.1, 0.15) is 21.6 Å². The van der Waals surface area contributed by atoms with Crippen molar-refractivity contribution in [1.82, 2.24) is 4.98 Å². The van der Waals surface area contributed by atoms with Gasteiger partial charge in [-0.25, -0.2) is 9.37 Å². The van der Waals surface area contributed by atoms with Crippen LogP contribution < -0.4 is 20.1 Å². The van der Waals surface area contributed by atoms with Crippen molar-refractivity contribution in [2.75, 3.05) is 10.6 Å². The second-order valence-corrected chi connectivity index (χ2v) is 7.06. The first-order valence-electron chi connectivity index (χ1n) is 9.55. The van der Waals surface area contributed by atoms with E-state index in [0.29, 0.717) is 5.56 Å². The molecule has 2 heterocycles. The third-order valence-corrected chi connectivity index (χ3v) is 4.66. The van der Waals surface area contributed by atoms with E-state index in [9.17, 15) is 26.7 Å². The number of aromatic nitrogens is 1. The first-order chi connectivity index (χ1) is 16.1. The van der Waals surface area contributed by atoms with Gasteiger partial charge in [0.05, 0.1) is 11.3 Å². The van der Waals surface area contributed by atoms with Crippen molar-refractivity contribution in [1.29, 1.82) is 5.26 Å². The first kappa shape index (κ1) is 22.8. The molecule has 0 fully saturated rings. The highest BCUT2D eigenvalue weighted by molar-refractivity contribution is 6.08. The number of benzene rings is 2. The number of pyridine rings is 1. The number of halogens is 5. The summed E-state index contributed by atoms with van der Waals surface area (Å²) >= 11 is 0. The van der Waals surface area contributed by atoms with Crippen LogP contribution in [-0.4, -0.2) is 23.1 Å². The van der Waals surface area contributed by atoms with Gasteiger partial charge < -0.3 is 20.1 Å². The van der Waals surface area contributed by atoms with Crippen LogP contribution in [0.2, 0.25) is 0 Å². The van der Waals surface area contributed by atoms with Crippen molar-refractivity contribution in [3.8, 4) is 17.6 Å². The number of anilines is 2. The van der Waals surface area contributed by atoms with Gasteiger partial charge in [-0.05, 0) is 48.0 Å². The predicted octanol–water partition coefficient (Wildman–Crippen LogP) is 4.91. The lowest BCUT2D eigenvalue weighted by molar-refractivity contribution is -0.391. The Morgan fingerprint density at radius 3 is 2.47 bits per heavy atom. The number of rotatable bonds is 5. The fourth-order valence-electron chi connectivity index (χ4n) is 3.05. The van der Waals surface area contributed by atoms with Crippen molar-refractivity contribution in [2.24, 2.45) is 0 Å². The average Bonchev–Trinajstić information content (AvgIpc) is 2.78. The van der Waals surface area contributed by atoms with Crippen molar-refractivity contribution in [3.63, 3.8) is 0 Å². The summed E-state index contributed by atoms with van der Waals surface area (Å²) in [6.45, 7) is 0.133. The number of amides is 1. The molecule has 4 rings (SSSR count). The first-order valence-corrected chi connectivity index (χ1v) is 9.55. The largest absolute Gasteiger partial charge is 0.507 e. The SMILES string of the molecule is N#Cc1cc(CNc2cc(F)ccc2C(=O)Nc2ccc3c(c2)OC(F)(F)C(F)(F)O3)ccn1. The molecule has 2 aromatic carbocycles. The zero-order valence-electron chi connectivity index (χ0n) is 16.9. The molecular weight excluding hydrogens is 463 g/mol. The molecule has 0 spiro atoms. The lowest BCUT2D eigenvalue weighted by Crippen LogP contribution is -2.52. The quantitative estimate of drug-likeness (QED) is 0.508. The fraction of sp³-hybridized carbons (Fsp3) is 0.136. The maximum Gasteiger partial charge on any atom is 0.507 e. The minimum Gasteiger partial charge on any atom is -0.421 e. The van der Waals surface area contributed by atoms with Gasteiger partial charge >= 0.3 is 12.2 Å². The second kappa shape index (κ2) is 8.51. The molecule has 1 aliphatic rings. The fourth-order valence-corrected chi connectivity index (χ4v) is 3.05. The Labute approximate surface area is 188 Å². The van der Waals surface area contributed by atoms with Crippen LogP contribution >= 0.6 is 0 Å². The Morgan fingerprint density at radius 1 is 1.00 bits per heavy atom. The van der Waals surface area contributed by atoms with Gasteiger partial charge in [0.25, 0.3) is 5.91 Å². The van der Waals surface area contributed by atoms with Crippen LogP contribution in [0.5, 0.6) is 11.5 Å². The number of carbonyl (C=O) groups excluding carboxylic acids is 1. The Morgan fingerprint density at radius 2 is 1.74 bits per heavy atom. The summed E-state index contributed by atoms with van der Waals surface area (Å²) in [6.07, 6.45) is -8.34. The van der Waals surface area contributed by atoms with Gasteiger partial charge in [-0.15, -0.1) is 0 Å². The molecule has 0 aliphatic carbocycles. The lowest BCUT2D eigenvalue weighted by atomic mass is 10.1. The lowest BCUT2D eigenvalue weighted by Gasteiger charge is -2.31. The van der Waals surface area contributed by atoms with Crippen molar-refractivity contribution in [3.05, 3.63) is 77.4 Å². The molecule has 3 aromatic rings. The number of fused-ring (bicyclic) bond motifs is 1. The van der Waals surface area contributed by atoms with E-state index in [1.54, 1.807) is 6.07 Å². The molecule has 0 atom stereocenters. The number of nitriles is 1. The minimum atomic E-state index is -4.91. The highest BCUT2D eigenvalue weighted by atomic mass is 19.3. The smallest absolute Gasteiger partial charge is 0.421 e. The van der Waals surface area contributed by atoms with Crippen LogP contribution in [0.4, 0.5) is 33.3 Å². The molecule has 0 radical (unpaired) electrons. The maximum absolute atomic E-state index is 13.8.